The SMILES string of the molecule is CCN(CC)CC(C)NCc1cccc(C)c1F. The Morgan fingerprint density at radius 2 is 1.94 bits per heavy atom. The summed E-state index contributed by atoms with van der Waals surface area (Å²) >= 11 is 0. The first-order valence-electron chi connectivity index (χ1n) is 6.78. The highest BCUT2D eigenvalue weighted by atomic mass is 19.1. The summed E-state index contributed by atoms with van der Waals surface area (Å²) in [5.74, 6) is -0.0833. The van der Waals surface area contributed by atoms with Crippen molar-refractivity contribution < 1.29 is 4.39 Å². The topological polar surface area (TPSA) is 15.3 Å². The smallest absolute Gasteiger partial charge is 0.130 e. The maximum Gasteiger partial charge on any atom is 0.130 e. The van der Waals surface area contributed by atoms with E-state index in [-0.39, 0.29) is 5.82 Å². The fourth-order valence-electron chi connectivity index (χ4n) is 2.06. The minimum absolute atomic E-state index is 0.0833. The van der Waals surface area contributed by atoms with E-state index in [1.54, 1.807) is 13.0 Å². The van der Waals surface area contributed by atoms with Crippen molar-refractivity contribution in [3.8, 4) is 0 Å². The number of rotatable bonds is 7. The Labute approximate surface area is 110 Å². The summed E-state index contributed by atoms with van der Waals surface area (Å²) < 4.78 is 13.8. The van der Waals surface area contributed by atoms with Gasteiger partial charge in [-0.15, -0.1) is 0 Å². The largest absolute Gasteiger partial charge is 0.309 e. The van der Waals surface area contributed by atoms with E-state index in [0.29, 0.717) is 18.2 Å². The number of halogens is 1. The molecule has 0 aromatic heterocycles. The van der Waals surface area contributed by atoms with Crippen molar-refractivity contribution >= 4 is 0 Å². The van der Waals surface area contributed by atoms with Gasteiger partial charge in [0.1, 0.15) is 5.82 Å². The second kappa shape index (κ2) is 7.49. The molecule has 0 fully saturated rings. The van der Waals surface area contributed by atoms with Gasteiger partial charge < -0.3 is 10.2 Å². The lowest BCUT2D eigenvalue weighted by molar-refractivity contribution is 0.270. The molecule has 0 amide bonds. The van der Waals surface area contributed by atoms with Crippen LogP contribution >= 0.6 is 0 Å². The molecular weight excluding hydrogens is 227 g/mol. The predicted molar refractivity (Wildman–Crippen MR) is 75.2 cm³/mol. The third-order valence-corrected chi connectivity index (χ3v) is 3.34. The van der Waals surface area contributed by atoms with Gasteiger partial charge in [-0.3, -0.25) is 0 Å². The Morgan fingerprint density at radius 1 is 1.28 bits per heavy atom. The van der Waals surface area contributed by atoms with Crippen molar-refractivity contribution in [2.75, 3.05) is 19.6 Å². The molecule has 0 aliphatic carbocycles. The summed E-state index contributed by atoms with van der Waals surface area (Å²) in [6.45, 7) is 12.0. The molecule has 0 aliphatic rings. The zero-order valence-electron chi connectivity index (χ0n) is 12.0. The van der Waals surface area contributed by atoms with Crippen molar-refractivity contribution in [3.05, 3.63) is 35.1 Å². The van der Waals surface area contributed by atoms with Gasteiger partial charge in [-0.1, -0.05) is 32.0 Å². The first-order valence-corrected chi connectivity index (χ1v) is 6.78. The van der Waals surface area contributed by atoms with Crippen LogP contribution < -0.4 is 5.32 Å². The summed E-state index contributed by atoms with van der Waals surface area (Å²) in [4.78, 5) is 2.37. The average Bonchev–Trinajstić information content (AvgIpc) is 2.37. The van der Waals surface area contributed by atoms with Crippen LogP contribution in [-0.4, -0.2) is 30.6 Å². The number of hydrogen-bond acceptors (Lipinski definition) is 2. The van der Waals surface area contributed by atoms with Crippen LogP contribution in [0.1, 0.15) is 31.9 Å². The van der Waals surface area contributed by atoms with Gasteiger partial charge >= 0.3 is 0 Å². The first kappa shape index (κ1) is 15.1. The van der Waals surface area contributed by atoms with Crippen LogP contribution in [-0.2, 0) is 6.54 Å². The molecule has 1 unspecified atom stereocenters. The normalized spacial score (nSPS) is 13.0. The molecule has 18 heavy (non-hydrogen) atoms. The third-order valence-electron chi connectivity index (χ3n) is 3.34. The highest BCUT2D eigenvalue weighted by Gasteiger charge is 2.09. The van der Waals surface area contributed by atoms with Crippen LogP contribution in [0.2, 0.25) is 0 Å². The fraction of sp³-hybridized carbons (Fsp3) is 0.600. The van der Waals surface area contributed by atoms with Crippen LogP contribution in [0.15, 0.2) is 18.2 Å². The van der Waals surface area contributed by atoms with E-state index in [1.165, 1.54) is 0 Å². The summed E-state index contributed by atoms with van der Waals surface area (Å²) in [6, 6.07) is 5.92. The van der Waals surface area contributed by atoms with E-state index in [9.17, 15) is 4.39 Å². The number of aryl methyl sites for hydroxylation is 1. The minimum Gasteiger partial charge on any atom is -0.309 e. The molecule has 1 aromatic carbocycles. The lowest BCUT2D eigenvalue weighted by Gasteiger charge is -2.23. The Morgan fingerprint density at radius 3 is 2.56 bits per heavy atom. The number of likely N-dealkylation sites (N-methyl/N-ethyl adjacent to an activating group) is 1. The molecular formula is C15H25FN2. The summed E-state index contributed by atoms with van der Waals surface area (Å²) in [5.41, 5.74) is 1.46. The van der Waals surface area contributed by atoms with Crippen molar-refractivity contribution in [1.29, 1.82) is 0 Å². The molecule has 1 N–H and O–H groups in total. The lowest BCUT2D eigenvalue weighted by atomic mass is 10.1. The third kappa shape index (κ3) is 4.39. The van der Waals surface area contributed by atoms with Gasteiger partial charge in [0.05, 0.1) is 0 Å². The second-order valence-corrected chi connectivity index (χ2v) is 4.82. The fourth-order valence-corrected chi connectivity index (χ4v) is 2.06. The maximum atomic E-state index is 13.8. The Balaban J connectivity index is 2.47. The molecule has 1 rings (SSSR count). The molecule has 0 saturated carbocycles. The van der Waals surface area contributed by atoms with Gasteiger partial charge in [-0.05, 0) is 32.5 Å². The average molecular weight is 252 g/mol. The standard InChI is InChI=1S/C15H25FN2/c1-5-18(6-2)11-13(4)17-10-14-9-7-8-12(3)15(14)16/h7-9,13,17H,5-6,10-11H2,1-4H3. The van der Waals surface area contributed by atoms with E-state index in [1.807, 2.05) is 12.1 Å². The minimum atomic E-state index is -0.0833. The van der Waals surface area contributed by atoms with Gasteiger partial charge in [0.15, 0.2) is 0 Å². The van der Waals surface area contributed by atoms with Gasteiger partial charge in [-0.25, -0.2) is 4.39 Å². The zero-order valence-corrected chi connectivity index (χ0v) is 12.0. The van der Waals surface area contributed by atoms with Gasteiger partial charge in [0, 0.05) is 24.7 Å². The monoisotopic (exact) mass is 252 g/mol. The van der Waals surface area contributed by atoms with Gasteiger partial charge in [0.2, 0.25) is 0 Å². The molecule has 0 saturated heterocycles. The summed E-state index contributed by atoms with van der Waals surface area (Å²) in [5, 5.41) is 3.38. The maximum absolute atomic E-state index is 13.8. The highest BCUT2D eigenvalue weighted by Crippen LogP contribution is 2.11. The van der Waals surface area contributed by atoms with Crippen molar-refractivity contribution in [3.63, 3.8) is 0 Å². The highest BCUT2D eigenvalue weighted by molar-refractivity contribution is 5.24. The molecule has 1 aromatic rings. The summed E-state index contributed by atoms with van der Waals surface area (Å²) in [7, 11) is 0. The summed E-state index contributed by atoms with van der Waals surface area (Å²) in [6.07, 6.45) is 0. The van der Waals surface area contributed by atoms with Gasteiger partial charge in [-0.2, -0.15) is 0 Å². The molecule has 0 spiro atoms. The number of nitrogens with one attached hydrogen (secondary N) is 1. The molecule has 2 nitrogen and oxygen atoms in total. The quantitative estimate of drug-likeness (QED) is 0.802. The Kier molecular flexibility index (Phi) is 6.30. The van der Waals surface area contributed by atoms with E-state index in [4.69, 9.17) is 0 Å². The number of hydrogen-bond donors (Lipinski definition) is 1. The van der Waals surface area contributed by atoms with Crippen LogP contribution in [0.25, 0.3) is 0 Å². The molecule has 0 aliphatic heterocycles. The van der Waals surface area contributed by atoms with E-state index in [0.717, 1.165) is 25.2 Å². The molecule has 1 atom stereocenters. The number of nitrogens with zero attached hydrogens (tertiary/aromatic N) is 1. The van der Waals surface area contributed by atoms with E-state index in [2.05, 4.69) is 31.0 Å². The zero-order chi connectivity index (χ0) is 13.5. The molecule has 0 radical (unpaired) electrons. The van der Waals surface area contributed by atoms with Crippen LogP contribution in [0.5, 0.6) is 0 Å². The van der Waals surface area contributed by atoms with Crippen molar-refractivity contribution in [2.24, 2.45) is 0 Å². The van der Waals surface area contributed by atoms with Crippen molar-refractivity contribution in [2.45, 2.75) is 40.3 Å². The number of benzene rings is 1. The molecule has 3 heteroatoms. The van der Waals surface area contributed by atoms with Crippen LogP contribution in [0.4, 0.5) is 4.39 Å². The predicted octanol–water partition coefficient (Wildman–Crippen LogP) is 2.95. The van der Waals surface area contributed by atoms with Crippen LogP contribution in [0, 0.1) is 12.7 Å². The van der Waals surface area contributed by atoms with E-state index < -0.39 is 0 Å². The Bertz CT molecular complexity index is 362. The molecule has 102 valence electrons. The van der Waals surface area contributed by atoms with E-state index >= 15 is 0 Å². The first-order chi connectivity index (χ1) is 8.58. The van der Waals surface area contributed by atoms with Crippen molar-refractivity contribution in [1.82, 2.24) is 10.2 Å². The van der Waals surface area contributed by atoms with Gasteiger partial charge in [0.25, 0.3) is 0 Å². The second-order valence-electron chi connectivity index (χ2n) is 4.82. The molecule has 0 heterocycles. The lowest BCUT2D eigenvalue weighted by Crippen LogP contribution is -2.38. The van der Waals surface area contributed by atoms with Crippen LogP contribution in [0.3, 0.4) is 0 Å². The molecule has 0 bridgehead atoms. The Hall–Kier alpha value is -0.930.